The van der Waals surface area contributed by atoms with Crippen molar-refractivity contribution in [1.82, 2.24) is 20.0 Å². The molecule has 0 aliphatic carbocycles. The van der Waals surface area contributed by atoms with Crippen molar-refractivity contribution in [1.29, 1.82) is 0 Å². The summed E-state index contributed by atoms with van der Waals surface area (Å²) < 4.78 is 6.57. The molecule has 0 saturated heterocycles. The normalized spacial score (nSPS) is 10.7. The molecule has 0 saturated carbocycles. The number of aliphatic hydroxyl groups excluding tert-OH is 1. The number of aromatic carboxylic acids is 1. The van der Waals surface area contributed by atoms with Gasteiger partial charge in [0, 0.05) is 6.20 Å². The molecule has 2 aromatic rings. The van der Waals surface area contributed by atoms with Gasteiger partial charge in [-0.05, 0) is 12.1 Å². The minimum absolute atomic E-state index is 0.0647. The fourth-order valence-electron chi connectivity index (χ4n) is 1.69. The van der Waals surface area contributed by atoms with Crippen LogP contribution in [0.2, 0.25) is 0 Å². The van der Waals surface area contributed by atoms with Gasteiger partial charge in [0.1, 0.15) is 5.69 Å². The minimum Gasteiger partial charge on any atom is -0.476 e. The second kappa shape index (κ2) is 6.73. The highest BCUT2D eigenvalue weighted by Gasteiger charge is 2.21. The van der Waals surface area contributed by atoms with Crippen molar-refractivity contribution in [2.24, 2.45) is 0 Å². The lowest BCUT2D eigenvalue weighted by molar-refractivity contribution is 0.0691. The summed E-state index contributed by atoms with van der Waals surface area (Å²) in [6, 6.07) is 5.19. The van der Waals surface area contributed by atoms with E-state index in [1.807, 2.05) is 0 Å². The molecule has 0 aliphatic heterocycles. The van der Waals surface area contributed by atoms with E-state index in [2.05, 4.69) is 15.3 Å². The Labute approximate surface area is 114 Å². The molecule has 2 N–H and O–H groups in total. The number of aromatic nitrogens is 4. The standard InChI is InChI=1S/C12H14N4O4/c17-6-8-20-7-5-16-11(9-3-1-2-4-13-9)10(12(18)19)14-15-16/h1-4,17H,5-8H2,(H,18,19). The summed E-state index contributed by atoms with van der Waals surface area (Å²) in [7, 11) is 0. The fraction of sp³-hybridized carbons (Fsp3) is 0.333. The third kappa shape index (κ3) is 3.16. The highest BCUT2D eigenvalue weighted by molar-refractivity contribution is 5.92. The van der Waals surface area contributed by atoms with Gasteiger partial charge in [-0.2, -0.15) is 0 Å². The maximum Gasteiger partial charge on any atom is 0.358 e. The Morgan fingerprint density at radius 2 is 2.20 bits per heavy atom. The van der Waals surface area contributed by atoms with Crippen molar-refractivity contribution >= 4 is 5.97 Å². The van der Waals surface area contributed by atoms with Crippen molar-refractivity contribution in [2.75, 3.05) is 19.8 Å². The number of nitrogens with zero attached hydrogens (tertiary/aromatic N) is 4. The highest BCUT2D eigenvalue weighted by Crippen LogP contribution is 2.19. The molecular weight excluding hydrogens is 264 g/mol. The van der Waals surface area contributed by atoms with Gasteiger partial charge in [-0.25, -0.2) is 9.48 Å². The van der Waals surface area contributed by atoms with Crippen molar-refractivity contribution in [3.05, 3.63) is 30.1 Å². The van der Waals surface area contributed by atoms with Gasteiger partial charge in [-0.15, -0.1) is 5.10 Å². The second-order valence-corrected chi connectivity index (χ2v) is 3.87. The van der Waals surface area contributed by atoms with Crippen LogP contribution in [0.5, 0.6) is 0 Å². The van der Waals surface area contributed by atoms with Gasteiger partial charge in [0.15, 0.2) is 5.69 Å². The molecule has 0 radical (unpaired) electrons. The Kier molecular flexibility index (Phi) is 4.75. The first-order valence-corrected chi connectivity index (χ1v) is 6.01. The summed E-state index contributed by atoms with van der Waals surface area (Å²) in [5, 5.41) is 25.2. The summed E-state index contributed by atoms with van der Waals surface area (Å²) in [5.41, 5.74) is 0.675. The zero-order valence-electron chi connectivity index (χ0n) is 10.6. The van der Waals surface area contributed by atoms with Crippen LogP contribution in [0.3, 0.4) is 0 Å². The van der Waals surface area contributed by atoms with Gasteiger partial charge in [0.2, 0.25) is 0 Å². The second-order valence-electron chi connectivity index (χ2n) is 3.87. The first-order chi connectivity index (χ1) is 9.74. The van der Waals surface area contributed by atoms with E-state index >= 15 is 0 Å². The lowest BCUT2D eigenvalue weighted by Gasteiger charge is -2.06. The van der Waals surface area contributed by atoms with Crippen LogP contribution in [0.15, 0.2) is 24.4 Å². The third-order valence-electron chi connectivity index (χ3n) is 2.53. The van der Waals surface area contributed by atoms with Crippen LogP contribution in [0.4, 0.5) is 0 Å². The average Bonchev–Trinajstić information content (AvgIpc) is 2.88. The van der Waals surface area contributed by atoms with Gasteiger partial charge in [0.05, 0.1) is 32.1 Å². The van der Waals surface area contributed by atoms with E-state index in [9.17, 15) is 4.79 Å². The molecule has 0 aromatic carbocycles. The Bertz CT molecular complexity index is 570. The van der Waals surface area contributed by atoms with E-state index in [0.29, 0.717) is 24.5 Å². The quantitative estimate of drug-likeness (QED) is 0.688. The molecule has 0 fully saturated rings. The summed E-state index contributed by atoms with van der Waals surface area (Å²) in [5.74, 6) is -1.16. The number of hydrogen-bond donors (Lipinski definition) is 2. The van der Waals surface area contributed by atoms with Crippen LogP contribution in [0.1, 0.15) is 10.5 Å². The minimum atomic E-state index is -1.16. The molecule has 0 atom stereocenters. The lowest BCUT2D eigenvalue weighted by Crippen LogP contribution is -2.11. The van der Waals surface area contributed by atoms with Crippen LogP contribution in [0, 0.1) is 0 Å². The van der Waals surface area contributed by atoms with E-state index < -0.39 is 5.97 Å². The predicted octanol–water partition coefficient (Wildman–Crippen LogP) is 0.0472. The van der Waals surface area contributed by atoms with Gasteiger partial charge in [-0.1, -0.05) is 11.3 Å². The van der Waals surface area contributed by atoms with Crippen molar-refractivity contribution in [2.45, 2.75) is 6.54 Å². The first kappa shape index (κ1) is 14.1. The molecule has 20 heavy (non-hydrogen) atoms. The summed E-state index contributed by atoms with van der Waals surface area (Å²) >= 11 is 0. The molecule has 0 bridgehead atoms. The van der Waals surface area contributed by atoms with Crippen LogP contribution in [-0.4, -0.2) is 56.0 Å². The number of hydrogen-bond acceptors (Lipinski definition) is 6. The molecule has 0 spiro atoms. The van der Waals surface area contributed by atoms with Gasteiger partial charge < -0.3 is 14.9 Å². The number of rotatable bonds is 7. The van der Waals surface area contributed by atoms with Gasteiger partial charge in [0.25, 0.3) is 0 Å². The maximum atomic E-state index is 11.2. The first-order valence-electron chi connectivity index (χ1n) is 6.01. The zero-order chi connectivity index (χ0) is 14.4. The molecule has 2 heterocycles. The largest absolute Gasteiger partial charge is 0.476 e. The van der Waals surface area contributed by atoms with E-state index in [1.165, 1.54) is 4.68 Å². The van der Waals surface area contributed by atoms with Crippen molar-refractivity contribution < 1.29 is 19.7 Å². The molecular formula is C12H14N4O4. The summed E-state index contributed by atoms with van der Waals surface area (Å²) in [6.45, 7) is 0.777. The molecule has 0 unspecified atom stereocenters. The highest BCUT2D eigenvalue weighted by atomic mass is 16.5. The molecule has 2 rings (SSSR count). The van der Waals surface area contributed by atoms with Crippen LogP contribution < -0.4 is 0 Å². The lowest BCUT2D eigenvalue weighted by atomic mass is 10.2. The molecule has 106 valence electrons. The Morgan fingerprint density at radius 1 is 1.35 bits per heavy atom. The topological polar surface area (TPSA) is 110 Å². The zero-order valence-corrected chi connectivity index (χ0v) is 10.6. The van der Waals surface area contributed by atoms with Gasteiger partial charge >= 0.3 is 5.97 Å². The van der Waals surface area contributed by atoms with E-state index in [1.54, 1.807) is 24.4 Å². The summed E-state index contributed by atoms with van der Waals surface area (Å²) in [4.78, 5) is 15.3. The van der Waals surface area contributed by atoms with E-state index in [-0.39, 0.29) is 18.9 Å². The SMILES string of the molecule is O=C(O)c1nnn(CCOCCO)c1-c1ccccn1. The number of pyridine rings is 1. The van der Waals surface area contributed by atoms with Crippen molar-refractivity contribution in [3.8, 4) is 11.4 Å². The van der Waals surface area contributed by atoms with Crippen LogP contribution in [0.25, 0.3) is 11.4 Å². The monoisotopic (exact) mass is 278 g/mol. The number of carboxylic acids is 1. The smallest absolute Gasteiger partial charge is 0.358 e. The number of carboxylic acid groups (broad SMARTS) is 1. The van der Waals surface area contributed by atoms with Crippen LogP contribution >= 0.6 is 0 Å². The Hall–Kier alpha value is -2.32. The fourth-order valence-corrected chi connectivity index (χ4v) is 1.69. The van der Waals surface area contributed by atoms with Crippen molar-refractivity contribution in [3.63, 3.8) is 0 Å². The molecule has 0 amide bonds. The number of carbonyl (C=O) groups is 1. The molecule has 2 aromatic heterocycles. The number of aliphatic hydroxyl groups is 1. The third-order valence-corrected chi connectivity index (χ3v) is 2.53. The van der Waals surface area contributed by atoms with E-state index in [4.69, 9.17) is 14.9 Å². The van der Waals surface area contributed by atoms with Crippen LogP contribution in [-0.2, 0) is 11.3 Å². The predicted molar refractivity (Wildman–Crippen MR) is 68.1 cm³/mol. The molecule has 8 nitrogen and oxygen atoms in total. The Balaban J connectivity index is 2.26. The maximum absolute atomic E-state index is 11.2. The van der Waals surface area contributed by atoms with E-state index in [0.717, 1.165) is 0 Å². The van der Waals surface area contributed by atoms with Gasteiger partial charge in [-0.3, -0.25) is 4.98 Å². The molecule has 0 aliphatic rings. The summed E-state index contributed by atoms with van der Waals surface area (Å²) in [6.07, 6.45) is 1.57. The molecule has 8 heteroatoms. The Morgan fingerprint density at radius 3 is 2.85 bits per heavy atom. The average molecular weight is 278 g/mol. The number of ether oxygens (including phenoxy) is 1.